The Balaban J connectivity index is 1.60. The van der Waals surface area contributed by atoms with Crippen LogP contribution >= 0.6 is 11.8 Å². The van der Waals surface area contributed by atoms with Crippen LogP contribution in [0.4, 0.5) is 5.69 Å². The number of rotatable bonds is 6. The summed E-state index contributed by atoms with van der Waals surface area (Å²) in [5.74, 6) is 1.97. The van der Waals surface area contributed by atoms with Gasteiger partial charge in [-0.15, -0.1) is 10.2 Å². The van der Waals surface area contributed by atoms with Gasteiger partial charge in [0.15, 0.2) is 5.16 Å². The van der Waals surface area contributed by atoms with E-state index in [1.807, 2.05) is 26.0 Å². The van der Waals surface area contributed by atoms with Crippen molar-refractivity contribution >= 4 is 23.4 Å². The number of aryl methyl sites for hydroxylation is 2. The zero-order valence-corrected chi connectivity index (χ0v) is 14.6. The number of hydrogen-bond acceptors (Lipinski definition) is 4. The van der Waals surface area contributed by atoms with Crippen LogP contribution in [0.1, 0.15) is 42.6 Å². The van der Waals surface area contributed by atoms with E-state index in [1.54, 1.807) is 0 Å². The highest BCUT2D eigenvalue weighted by Crippen LogP contribution is 2.39. The fraction of sp³-hybridized carbons (Fsp3) is 0.471. The van der Waals surface area contributed by atoms with Gasteiger partial charge in [0.25, 0.3) is 0 Å². The lowest BCUT2D eigenvalue weighted by molar-refractivity contribution is -0.113. The Labute approximate surface area is 140 Å². The van der Waals surface area contributed by atoms with Gasteiger partial charge in [0.05, 0.1) is 5.75 Å². The molecule has 1 amide bonds. The number of carbonyl (C=O) groups excluding carboxylic acids is 1. The molecular formula is C17H22N4OS. The summed E-state index contributed by atoms with van der Waals surface area (Å²) in [6, 6.07) is 6.05. The molecule has 1 heterocycles. The number of anilines is 1. The van der Waals surface area contributed by atoms with Crippen molar-refractivity contribution in [3.05, 3.63) is 35.2 Å². The molecule has 122 valence electrons. The van der Waals surface area contributed by atoms with Gasteiger partial charge in [-0.2, -0.15) is 0 Å². The molecule has 0 spiro atoms. The quantitative estimate of drug-likeness (QED) is 0.823. The number of aromatic nitrogens is 3. The maximum atomic E-state index is 12.2. The predicted molar refractivity (Wildman–Crippen MR) is 92.9 cm³/mol. The van der Waals surface area contributed by atoms with Crippen molar-refractivity contribution in [3.63, 3.8) is 0 Å². The number of nitrogens with one attached hydrogen (secondary N) is 1. The van der Waals surface area contributed by atoms with Gasteiger partial charge in [-0.05, 0) is 56.9 Å². The minimum Gasteiger partial charge on any atom is -0.325 e. The molecule has 6 heteroatoms. The molecule has 5 nitrogen and oxygen atoms in total. The molecule has 1 aromatic carbocycles. The molecule has 23 heavy (non-hydrogen) atoms. The molecular weight excluding hydrogens is 308 g/mol. The van der Waals surface area contributed by atoms with Crippen molar-refractivity contribution in [2.24, 2.45) is 0 Å². The maximum Gasteiger partial charge on any atom is 0.234 e. The Morgan fingerprint density at radius 2 is 1.96 bits per heavy atom. The molecule has 1 aliphatic carbocycles. The summed E-state index contributed by atoms with van der Waals surface area (Å²) in [6.45, 7) is 7.00. The van der Waals surface area contributed by atoms with Crippen LogP contribution in [0.15, 0.2) is 23.4 Å². The molecule has 0 saturated heterocycles. The molecule has 1 aromatic heterocycles. The summed E-state index contributed by atoms with van der Waals surface area (Å²) in [5, 5.41) is 12.3. The second-order valence-corrected chi connectivity index (χ2v) is 7.02. The fourth-order valence-corrected chi connectivity index (χ4v) is 3.53. The van der Waals surface area contributed by atoms with E-state index in [2.05, 4.69) is 33.1 Å². The Morgan fingerprint density at radius 1 is 1.26 bits per heavy atom. The zero-order chi connectivity index (χ0) is 16.4. The van der Waals surface area contributed by atoms with Crippen molar-refractivity contribution in [2.75, 3.05) is 11.1 Å². The molecule has 0 radical (unpaired) electrons. The smallest absolute Gasteiger partial charge is 0.234 e. The fourth-order valence-electron chi connectivity index (χ4n) is 2.72. The Kier molecular flexibility index (Phi) is 4.71. The van der Waals surface area contributed by atoms with Gasteiger partial charge < -0.3 is 9.88 Å². The average Bonchev–Trinajstić information content (AvgIpc) is 3.24. The van der Waals surface area contributed by atoms with Gasteiger partial charge in [-0.25, -0.2) is 0 Å². The normalized spacial score (nSPS) is 14.0. The first-order valence-corrected chi connectivity index (χ1v) is 8.99. The molecule has 1 fully saturated rings. The summed E-state index contributed by atoms with van der Waals surface area (Å²) < 4.78 is 2.13. The summed E-state index contributed by atoms with van der Waals surface area (Å²) >= 11 is 1.45. The standard InChI is InChI=1S/C17H22N4OS/c1-4-21-16(13-5-6-13)19-20-17(21)23-10-15(22)18-14-8-11(2)7-12(3)9-14/h7-9,13H,4-6,10H2,1-3H3,(H,18,22). The minimum absolute atomic E-state index is 0.0152. The maximum absolute atomic E-state index is 12.2. The van der Waals surface area contributed by atoms with Crippen LogP contribution in [0, 0.1) is 13.8 Å². The van der Waals surface area contributed by atoms with Crippen molar-refractivity contribution in [1.82, 2.24) is 14.8 Å². The minimum atomic E-state index is -0.0152. The number of amides is 1. The third kappa shape index (κ3) is 3.93. The third-order valence-corrected chi connectivity index (χ3v) is 4.81. The number of benzene rings is 1. The highest BCUT2D eigenvalue weighted by molar-refractivity contribution is 7.99. The average molecular weight is 330 g/mol. The first-order chi connectivity index (χ1) is 11.1. The van der Waals surface area contributed by atoms with Crippen molar-refractivity contribution in [1.29, 1.82) is 0 Å². The second kappa shape index (κ2) is 6.74. The number of hydrogen-bond donors (Lipinski definition) is 1. The second-order valence-electron chi connectivity index (χ2n) is 6.07. The van der Waals surface area contributed by atoms with E-state index in [1.165, 1.54) is 24.6 Å². The number of thioether (sulfide) groups is 1. The van der Waals surface area contributed by atoms with E-state index >= 15 is 0 Å². The van der Waals surface area contributed by atoms with E-state index in [0.717, 1.165) is 34.3 Å². The van der Waals surface area contributed by atoms with E-state index < -0.39 is 0 Å². The first-order valence-electron chi connectivity index (χ1n) is 8.01. The third-order valence-electron chi connectivity index (χ3n) is 3.84. The highest BCUT2D eigenvalue weighted by Gasteiger charge is 2.30. The molecule has 1 N–H and O–H groups in total. The van der Waals surface area contributed by atoms with Crippen LogP contribution in [0.2, 0.25) is 0 Å². The number of nitrogens with zero attached hydrogens (tertiary/aromatic N) is 3. The molecule has 1 aliphatic rings. The first kappa shape index (κ1) is 16.1. The molecule has 0 aliphatic heterocycles. The van der Waals surface area contributed by atoms with E-state index in [4.69, 9.17) is 0 Å². The lowest BCUT2D eigenvalue weighted by Crippen LogP contribution is -2.15. The van der Waals surface area contributed by atoms with Gasteiger partial charge in [0, 0.05) is 18.2 Å². The van der Waals surface area contributed by atoms with Crippen LogP contribution in [0.5, 0.6) is 0 Å². The summed E-state index contributed by atoms with van der Waals surface area (Å²) in [5.41, 5.74) is 3.14. The predicted octanol–water partition coefficient (Wildman–Crippen LogP) is 3.52. The lowest BCUT2D eigenvalue weighted by Gasteiger charge is -2.08. The van der Waals surface area contributed by atoms with E-state index in [9.17, 15) is 4.79 Å². The largest absolute Gasteiger partial charge is 0.325 e. The van der Waals surface area contributed by atoms with Gasteiger partial charge in [-0.1, -0.05) is 17.8 Å². The van der Waals surface area contributed by atoms with Gasteiger partial charge in [0.1, 0.15) is 5.82 Å². The van der Waals surface area contributed by atoms with Crippen LogP contribution in [0.25, 0.3) is 0 Å². The zero-order valence-electron chi connectivity index (χ0n) is 13.8. The molecule has 0 bridgehead atoms. The van der Waals surface area contributed by atoms with Crippen LogP contribution in [-0.4, -0.2) is 26.4 Å². The SMILES string of the molecule is CCn1c(SCC(=O)Nc2cc(C)cc(C)c2)nnc1C1CC1. The van der Waals surface area contributed by atoms with Crippen molar-refractivity contribution in [2.45, 2.75) is 51.2 Å². The van der Waals surface area contributed by atoms with Crippen LogP contribution in [0.3, 0.4) is 0 Å². The van der Waals surface area contributed by atoms with E-state index in [-0.39, 0.29) is 5.91 Å². The molecule has 2 aromatic rings. The van der Waals surface area contributed by atoms with Crippen LogP contribution < -0.4 is 5.32 Å². The Hall–Kier alpha value is -1.82. The van der Waals surface area contributed by atoms with Crippen LogP contribution in [-0.2, 0) is 11.3 Å². The van der Waals surface area contributed by atoms with Gasteiger partial charge in [0.2, 0.25) is 5.91 Å². The van der Waals surface area contributed by atoms with Gasteiger partial charge in [-0.3, -0.25) is 4.79 Å². The van der Waals surface area contributed by atoms with Crippen molar-refractivity contribution in [3.8, 4) is 0 Å². The summed E-state index contributed by atoms with van der Waals surface area (Å²) in [4.78, 5) is 12.2. The van der Waals surface area contributed by atoms with E-state index in [0.29, 0.717) is 11.7 Å². The van der Waals surface area contributed by atoms with Crippen molar-refractivity contribution < 1.29 is 4.79 Å². The Bertz CT molecular complexity index is 701. The Morgan fingerprint density at radius 3 is 2.57 bits per heavy atom. The molecule has 0 unspecified atom stereocenters. The monoisotopic (exact) mass is 330 g/mol. The molecule has 3 rings (SSSR count). The van der Waals surface area contributed by atoms with Gasteiger partial charge >= 0.3 is 0 Å². The number of carbonyl (C=O) groups is 1. The molecule has 0 atom stereocenters. The summed E-state index contributed by atoms with van der Waals surface area (Å²) in [6.07, 6.45) is 2.41. The topological polar surface area (TPSA) is 59.8 Å². The molecule has 1 saturated carbocycles. The lowest BCUT2D eigenvalue weighted by atomic mass is 10.1. The highest BCUT2D eigenvalue weighted by atomic mass is 32.2. The summed E-state index contributed by atoms with van der Waals surface area (Å²) in [7, 11) is 0.